The second-order valence-corrected chi connectivity index (χ2v) is 4.27. The van der Waals surface area contributed by atoms with E-state index in [-0.39, 0.29) is 11.3 Å². The molecule has 6 heteroatoms. The van der Waals surface area contributed by atoms with Crippen LogP contribution in [0, 0.1) is 6.92 Å². The normalized spacial score (nSPS) is 20.3. The standard InChI is InChI=1S/C10H12ClN3O2/c1-6-3-8(16-2)13-10(12-6)14-5-7(11)4-9(14)15/h3,7H,4-5H2,1-2H3. The number of methoxy groups -OCH3 is 1. The molecule has 2 rings (SSSR count). The third-order valence-electron chi connectivity index (χ3n) is 2.35. The molecule has 0 spiro atoms. The number of ether oxygens (including phenoxy) is 1. The molecule has 1 aliphatic heterocycles. The highest BCUT2D eigenvalue weighted by molar-refractivity contribution is 6.24. The molecule has 1 aromatic heterocycles. The SMILES string of the molecule is COc1cc(C)nc(N2CC(Cl)CC2=O)n1. The Hall–Kier alpha value is -1.36. The maximum atomic E-state index is 11.6. The topological polar surface area (TPSA) is 55.3 Å². The van der Waals surface area contributed by atoms with Gasteiger partial charge in [-0.15, -0.1) is 11.6 Å². The summed E-state index contributed by atoms with van der Waals surface area (Å²) in [5, 5.41) is -0.164. The first-order valence-electron chi connectivity index (χ1n) is 4.94. The van der Waals surface area contributed by atoms with Gasteiger partial charge in [0.05, 0.1) is 12.5 Å². The zero-order valence-electron chi connectivity index (χ0n) is 9.11. The summed E-state index contributed by atoms with van der Waals surface area (Å²) in [6.07, 6.45) is 0.334. The lowest BCUT2D eigenvalue weighted by molar-refractivity contribution is -0.117. The number of aryl methyl sites for hydroxylation is 1. The third kappa shape index (κ3) is 2.09. The van der Waals surface area contributed by atoms with Crippen molar-refractivity contribution in [2.75, 3.05) is 18.6 Å². The van der Waals surface area contributed by atoms with E-state index < -0.39 is 0 Å². The van der Waals surface area contributed by atoms with E-state index in [1.165, 1.54) is 12.0 Å². The van der Waals surface area contributed by atoms with Crippen molar-refractivity contribution < 1.29 is 9.53 Å². The number of carbonyl (C=O) groups excluding carboxylic acids is 1. The van der Waals surface area contributed by atoms with Crippen LogP contribution < -0.4 is 9.64 Å². The van der Waals surface area contributed by atoms with Crippen molar-refractivity contribution in [3.05, 3.63) is 11.8 Å². The van der Waals surface area contributed by atoms with Gasteiger partial charge in [-0.2, -0.15) is 4.98 Å². The average Bonchev–Trinajstić information content (AvgIpc) is 2.57. The van der Waals surface area contributed by atoms with Gasteiger partial charge in [0.1, 0.15) is 0 Å². The van der Waals surface area contributed by atoms with E-state index in [0.29, 0.717) is 24.8 Å². The fourth-order valence-corrected chi connectivity index (χ4v) is 1.88. The molecule has 1 amide bonds. The molecule has 1 saturated heterocycles. The summed E-state index contributed by atoms with van der Waals surface area (Å²) in [7, 11) is 1.53. The fraction of sp³-hybridized carbons (Fsp3) is 0.500. The molecular weight excluding hydrogens is 230 g/mol. The van der Waals surface area contributed by atoms with Crippen molar-refractivity contribution in [3.63, 3.8) is 0 Å². The maximum Gasteiger partial charge on any atom is 0.235 e. The molecule has 2 heterocycles. The summed E-state index contributed by atoms with van der Waals surface area (Å²) in [6.45, 7) is 2.28. The molecule has 0 saturated carbocycles. The van der Waals surface area contributed by atoms with Gasteiger partial charge in [0.25, 0.3) is 0 Å². The fourth-order valence-electron chi connectivity index (χ4n) is 1.61. The van der Waals surface area contributed by atoms with Crippen LogP contribution in [-0.4, -0.2) is 34.9 Å². The molecule has 0 N–H and O–H groups in total. The molecule has 1 fully saturated rings. The first kappa shape index (κ1) is 11.1. The number of amides is 1. The lowest BCUT2D eigenvalue weighted by Gasteiger charge is -2.14. The third-order valence-corrected chi connectivity index (χ3v) is 2.64. The summed E-state index contributed by atoms with van der Waals surface area (Å²) in [5.74, 6) is 0.769. The van der Waals surface area contributed by atoms with Crippen LogP contribution in [0.5, 0.6) is 5.88 Å². The van der Waals surface area contributed by atoms with Crippen molar-refractivity contribution in [2.24, 2.45) is 0 Å². The minimum absolute atomic E-state index is 0.0485. The molecule has 1 aliphatic rings. The van der Waals surface area contributed by atoms with Crippen LogP contribution in [0.15, 0.2) is 6.07 Å². The predicted octanol–water partition coefficient (Wildman–Crippen LogP) is 1.14. The van der Waals surface area contributed by atoms with Gasteiger partial charge in [-0.3, -0.25) is 9.69 Å². The van der Waals surface area contributed by atoms with Crippen LogP contribution in [0.25, 0.3) is 0 Å². The molecule has 0 aromatic carbocycles. The molecule has 0 bridgehead atoms. The van der Waals surface area contributed by atoms with Crippen molar-refractivity contribution in [3.8, 4) is 5.88 Å². The van der Waals surface area contributed by atoms with Gasteiger partial charge in [-0.05, 0) is 6.92 Å². The van der Waals surface area contributed by atoms with Gasteiger partial charge >= 0.3 is 0 Å². The van der Waals surface area contributed by atoms with Crippen LogP contribution in [0.3, 0.4) is 0 Å². The summed E-state index contributed by atoms with van der Waals surface area (Å²) in [6, 6.07) is 1.71. The monoisotopic (exact) mass is 241 g/mol. The Labute approximate surface area is 98.4 Å². The zero-order chi connectivity index (χ0) is 11.7. The Morgan fingerprint density at radius 3 is 2.88 bits per heavy atom. The second-order valence-electron chi connectivity index (χ2n) is 3.66. The van der Waals surface area contributed by atoms with E-state index >= 15 is 0 Å². The molecule has 1 aromatic rings. The van der Waals surface area contributed by atoms with Crippen LogP contribution >= 0.6 is 11.6 Å². The molecule has 16 heavy (non-hydrogen) atoms. The summed E-state index contributed by atoms with van der Waals surface area (Å²) in [5.41, 5.74) is 0.757. The maximum absolute atomic E-state index is 11.6. The predicted molar refractivity (Wildman–Crippen MR) is 59.9 cm³/mol. The van der Waals surface area contributed by atoms with Gasteiger partial charge in [-0.1, -0.05) is 0 Å². The van der Waals surface area contributed by atoms with Gasteiger partial charge < -0.3 is 4.74 Å². The van der Waals surface area contributed by atoms with E-state index in [0.717, 1.165) is 5.69 Å². The highest BCUT2D eigenvalue weighted by atomic mass is 35.5. The van der Waals surface area contributed by atoms with Crippen molar-refractivity contribution in [1.82, 2.24) is 9.97 Å². The molecule has 5 nitrogen and oxygen atoms in total. The molecule has 0 aliphatic carbocycles. The first-order valence-corrected chi connectivity index (χ1v) is 5.38. The van der Waals surface area contributed by atoms with Gasteiger partial charge in [0.2, 0.25) is 17.7 Å². The van der Waals surface area contributed by atoms with Crippen LogP contribution in [0.4, 0.5) is 5.95 Å². The summed E-state index contributed by atoms with van der Waals surface area (Å²) in [4.78, 5) is 21.4. The summed E-state index contributed by atoms with van der Waals surface area (Å²) >= 11 is 5.92. The number of halogens is 1. The molecule has 0 radical (unpaired) electrons. The summed E-state index contributed by atoms with van der Waals surface area (Å²) < 4.78 is 5.04. The van der Waals surface area contributed by atoms with Crippen molar-refractivity contribution in [2.45, 2.75) is 18.7 Å². The highest BCUT2D eigenvalue weighted by Gasteiger charge is 2.31. The van der Waals surface area contributed by atoms with E-state index in [4.69, 9.17) is 16.3 Å². The Kier molecular flexibility index (Phi) is 2.96. The van der Waals surface area contributed by atoms with Crippen LogP contribution in [0.1, 0.15) is 12.1 Å². The Morgan fingerprint density at radius 2 is 2.31 bits per heavy atom. The van der Waals surface area contributed by atoms with Gasteiger partial charge in [0.15, 0.2) is 0 Å². The average molecular weight is 242 g/mol. The Morgan fingerprint density at radius 1 is 1.56 bits per heavy atom. The van der Waals surface area contributed by atoms with E-state index in [1.807, 2.05) is 6.92 Å². The smallest absolute Gasteiger partial charge is 0.235 e. The van der Waals surface area contributed by atoms with Gasteiger partial charge in [0, 0.05) is 24.7 Å². The zero-order valence-corrected chi connectivity index (χ0v) is 9.86. The first-order chi connectivity index (χ1) is 7.60. The van der Waals surface area contributed by atoms with E-state index in [1.54, 1.807) is 6.07 Å². The van der Waals surface area contributed by atoms with E-state index in [2.05, 4.69) is 9.97 Å². The van der Waals surface area contributed by atoms with Crippen LogP contribution in [-0.2, 0) is 4.79 Å². The lowest BCUT2D eigenvalue weighted by Crippen LogP contribution is -2.27. The number of nitrogens with zero attached hydrogens (tertiary/aromatic N) is 3. The highest BCUT2D eigenvalue weighted by Crippen LogP contribution is 2.23. The number of anilines is 1. The number of hydrogen-bond donors (Lipinski definition) is 0. The van der Waals surface area contributed by atoms with Crippen molar-refractivity contribution >= 4 is 23.5 Å². The Bertz CT molecular complexity index is 425. The van der Waals surface area contributed by atoms with Gasteiger partial charge in [-0.25, -0.2) is 4.98 Å². The van der Waals surface area contributed by atoms with Crippen molar-refractivity contribution in [1.29, 1.82) is 0 Å². The minimum atomic E-state index is -0.164. The number of carbonyl (C=O) groups is 1. The lowest BCUT2D eigenvalue weighted by atomic mass is 10.4. The Balaban J connectivity index is 2.33. The van der Waals surface area contributed by atoms with Crippen LogP contribution in [0.2, 0.25) is 0 Å². The molecular formula is C10H12ClN3O2. The molecule has 1 atom stereocenters. The van der Waals surface area contributed by atoms with E-state index in [9.17, 15) is 4.79 Å². The molecule has 1 unspecified atom stereocenters. The molecule has 86 valence electrons. The quantitative estimate of drug-likeness (QED) is 0.729. The number of aromatic nitrogens is 2. The minimum Gasteiger partial charge on any atom is -0.481 e. The second kappa shape index (κ2) is 4.25. The largest absolute Gasteiger partial charge is 0.481 e. The number of alkyl halides is 1. The number of hydrogen-bond acceptors (Lipinski definition) is 4. The number of rotatable bonds is 2.